The van der Waals surface area contributed by atoms with Gasteiger partial charge in [0.25, 0.3) is 11.8 Å². The molecule has 6 fully saturated rings. The normalized spacial score (nSPS) is 29.6. The lowest BCUT2D eigenvalue weighted by Crippen LogP contribution is -2.50. The van der Waals surface area contributed by atoms with Crippen LogP contribution < -0.4 is 11.0 Å². The molecule has 0 unspecified atom stereocenters. The van der Waals surface area contributed by atoms with Crippen molar-refractivity contribution in [3.8, 4) is 0 Å². The Bertz CT molecular complexity index is 1240. The molecule has 6 heterocycles. The Morgan fingerprint density at radius 3 is 1.63 bits per heavy atom. The summed E-state index contributed by atoms with van der Waals surface area (Å²) in [5.74, 6) is -0.740. The molecule has 4 atom stereocenters. The second kappa shape index (κ2) is 14.5. The van der Waals surface area contributed by atoms with Crippen LogP contribution in [0, 0.1) is 0 Å². The molecule has 0 spiro atoms. The van der Waals surface area contributed by atoms with Crippen LogP contribution in [-0.2, 0) is 33.9 Å². The first-order valence-corrected chi connectivity index (χ1v) is 17.0. The number of carbonyl (C=O) groups excluding carboxylic acids is 4. The van der Waals surface area contributed by atoms with E-state index in [4.69, 9.17) is 14.2 Å². The van der Waals surface area contributed by atoms with Crippen LogP contribution in [-0.4, -0.2) is 162 Å². The van der Waals surface area contributed by atoms with Crippen molar-refractivity contribution in [2.45, 2.75) is 87.7 Å². The first kappa shape index (κ1) is 34.5. The van der Waals surface area contributed by atoms with Crippen LogP contribution in [0.1, 0.15) is 51.4 Å². The number of nitrogens with one attached hydrogen (secondary N) is 2. The number of hydroxylamine groups is 6. The average molecular weight is 677 g/mol. The number of carbonyl (C=O) groups is 4. The van der Waals surface area contributed by atoms with Crippen molar-refractivity contribution < 1.29 is 51.3 Å². The van der Waals surface area contributed by atoms with E-state index in [0.29, 0.717) is 37.3 Å². The molecule has 4 N–H and O–H groups in total. The number of hydrogen-bond acceptors (Lipinski definition) is 12. The maximum Gasteiger partial charge on any atom is 0.418 e. The number of fused-ring (bicyclic) bond motifs is 4. The Labute approximate surface area is 267 Å². The third-order valence-electron chi connectivity index (χ3n) is 9.43. The highest BCUT2D eigenvalue weighted by Gasteiger charge is 2.50. The molecule has 0 radical (unpaired) electrons. The van der Waals surface area contributed by atoms with Crippen molar-refractivity contribution >= 4 is 34.3 Å². The molecule has 6 aliphatic heterocycles. The predicted molar refractivity (Wildman–Crippen MR) is 155 cm³/mol. The summed E-state index contributed by atoms with van der Waals surface area (Å²) in [6.07, 6.45) is 5.27. The molecule has 0 aliphatic carbocycles. The van der Waals surface area contributed by atoms with Crippen LogP contribution in [0.25, 0.3) is 0 Å². The molecule has 46 heavy (non-hydrogen) atoms. The monoisotopic (exact) mass is 676 g/mol. The van der Waals surface area contributed by atoms with Gasteiger partial charge in [0, 0.05) is 39.3 Å². The molecule has 19 nitrogen and oxygen atoms in total. The van der Waals surface area contributed by atoms with E-state index in [1.807, 2.05) is 7.05 Å². The van der Waals surface area contributed by atoms with Crippen molar-refractivity contribution in [3.05, 3.63) is 0 Å². The summed E-state index contributed by atoms with van der Waals surface area (Å²) >= 11 is 0. The van der Waals surface area contributed by atoms with Gasteiger partial charge in [0.15, 0.2) is 0 Å². The minimum absolute atomic E-state index is 0.0325. The van der Waals surface area contributed by atoms with Crippen LogP contribution in [0.4, 0.5) is 9.59 Å². The van der Waals surface area contributed by atoms with E-state index in [2.05, 4.69) is 32.1 Å². The number of nitrogens with zero attached hydrogens (tertiary/aromatic N) is 6. The van der Waals surface area contributed by atoms with E-state index >= 15 is 0 Å². The van der Waals surface area contributed by atoms with Gasteiger partial charge in [0.1, 0.15) is 12.1 Å². The number of rotatable bonds is 8. The zero-order valence-corrected chi connectivity index (χ0v) is 26.8. The highest BCUT2D eigenvalue weighted by Crippen LogP contribution is 2.31. The van der Waals surface area contributed by atoms with Gasteiger partial charge >= 0.3 is 22.5 Å². The fourth-order valence-electron chi connectivity index (χ4n) is 6.65. The minimum Gasteiger partial charge on any atom is -0.309 e. The first-order valence-electron chi connectivity index (χ1n) is 15.6. The summed E-state index contributed by atoms with van der Waals surface area (Å²) in [6, 6.07) is -3.26. The van der Waals surface area contributed by atoms with Crippen LogP contribution in [0.2, 0.25) is 0 Å². The van der Waals surface area contributed by atoms with Gasteiger partial charge in [-0.2, -0.15) is 13.5 Å². The van der Waals surface area contributed by atoms with Crippen LogP contribution in [0.3, 0.4) is 0 Å². The van der Waals surface area contributed by atoms with Crippen LogP contribution in [0.5, 0.6) is 0 Å². The molecule has 0 aromatic heterocycles. The summed E-state index contributed by atoms with van der Waals surface area (Å²) in [6.45, 7) is 4.24. The molecule has 4 bridgehead atoms. The number of hydrogen-bond donors (Lipinski definition) is 4. The Kier molecular flexibility index (Phi) is 10.9. The molecule has 0 saturated carbocycles. The lowest BCUT2D eigenvalue weighted by Gasteiger charge is -2.31. The van der Waals surface area contributed by atoms with Gasteiger partial charge in [-0.3, -0.25) is 29.0 Å². The first-order chi connectivity index (χ1) is 21.8. The highest BCUT2D eigenvalue weighted by molar-refractivity contribution is 7.80. The lowest BCUT2D eigenvalue weighted by molar-refractivity contribution is -0.146. The van der Waals surface area contributed by atoms with Crippen molar-refractivity contribution in [3.63, 3.8) is 0 Å². The third-order valence-corrected chi connectivity index (χ3v) is 9.78. The maximum atomic E-state index is 12.4. The van der Waals surface area contributed by atoms with E-state index in [-0.39, 0.29) is 30.7 Å². The Hall–Kier alpha value is -2.85. The molecular weight excluding hydrogens is 632 g/mol. The summed E-state index contributed by atoms with van der Waals surface area (Å²) < 4.78 is 34.8. The summed E-state index contributed by atoms with van der Waals surface area (Å²) in [7, 11) is -0.714. The lowest BCUT2D eigenvalue weighted by atomic mass is 10.0. The van der Waals surface area contributed by atoms with Crippen molar-refractivity contribution in [2.75, 3.05) is 53.4 Å². The van der Waals surface area contributed by atoms with Gasteiger partial charge in [0.05, 0.1) is 24.3 Å². The number of likely N-dealkylation sites (tertiary alicyclic amines) is 2. The number of piperidine rings is 4. The third kappa shape index (κ3) is 8.16. The topological polar surface area (TPSA) is 214 Å². The van der Waals surface area contributed by atoms with Crippen LogP contribution >= 0.6 is 0 Å². The molecule has 6 rings (SSSR count). The summed E-state index contributed by atoms with van der Waals surface area (Å²) in [5.41, 5.74) is 4.93. The molecule has 260 valence electrons. The van der Waals surface area contributed by atoms with Crippen LogP contribution in [0.15, 0.2) is 0 Å². The Morgan fingerprint density at radius 1 is 0.717 bits per heavy atom. The number of amides is 6. The predicted octanol–water partition coefficient (Wildman–Crippen LogP) is -1.08. The summed E-state index contributed by atoms with van der Waals surface area (Å²) in [4.78, 5) is 66.6. The zero-order chi connectivity index (χ0) is 33.2. The molecule has 6 amide bonds. The quantitative estimate of drug-likeness (QED) is 0.137. The molecule has 0 aromatic rings. The molecular formula is C26H44N8O11S. The van der Waals surface area contributed by atoms with Crippen molar-refractivity contribution in [2.24, 2.45) is 0 Å². The van der Waals surface area contributed by atoms with Crippen molar-refractivity contribution in [1.29, 1.82) is 0 Å². The smallest absolute Gasteiger partial charge is 0.309 e. The number of urea groups is 2. The maximum absolute atomic E-state index is 12.4. The van der Waals surface area contributed by atoms with Gasteiger partial charge in [-0.1, -0.05) is 0 Å². The highest BCUT2D eigenvalue weighted by atomic mass is 32.3. The molecule has 0 aromatic carbocycles. The fourth-order valence-corrected chi connectivity index (χ4v) is 7.04. The largest absolute Gasteiger partial charge is 0.418 e. The Balaban J connectivity index is 0.000000184. The van der Waals surface area contributed by atoms with E-state index < -0.39 is 46.5 Å². The van der Waals surface area contributed by atoms with E-state index in [1.165, 1.54) is 9.80 Å². The van der Waals surface area contributed by atoms with Crippen molar-refractivity contribution in [1.82, 2.24) is 40.7 Å². The van der Waals surface area contributed by atoms with Gasteiger partial charge in [-0.15, -0.1) is 4.28 Å². The van der Waals surface area contributed by atoms with Gasteiger partial charge in [0.2, 0.25) is 0 Å². The van der Waals surface area contributed by atoms with E-state index in [1.54, 1.807) is 0 Å². The van der Waals surface area contributed by atoms with Gasteiger partial charge < -0.3 is 19.6 Å². The molecule has 6 aliphatic rings. The van der Waals surface area contributed by atoms with Gasteiger partial charge in [-0.05, 0) is 65.5 Å². The minimum atomic E-state index is -4.80. The summed E-state index contributed by atoms with van der Waals surface area (Å²) in [5, 5.41) is 11.0. The SMILES string of the molecule is CN1CCC(ONC(=O)[C@@H]2CC[C@@H]3CN2C(=O)N3O)CC1.CN1CCC(ONC(=O)[C@@H]2CC[C@@H]3CN2C(=O)N3OS(=O)(=O)O)CC1. The second-order valence-electron chi connectivity index (χ2n) is 12.7. The standard InChI is InChI=1S/C13H22N4O7S.C13H22N4O4/c1-15-6-4-10(5-7-15)23-14-12(18)11-3-2-9-8-16(11)13(19)17(9)24-25(20,21)22;1-15-6-4-10(5-7-15)21-14-12(18)11-3-2-9-8-16(11)13(19)17(9)20/h9-11H,2-8H2,1H3,(H,14,18)(H,20,21,22);9-11,20H,2-8H2,1H3,(H,14,18)/t2*9-,11+/m11/s1. The van der Waals surface area contributed by atoms with Gasteiger partial charge in [-0.25, -0.2) is 25.6 Å². The second-order valence-corrected chi connectivity index (χ2v) is 13.7. The zero-order valence-electron chi connectivity index (χ0n) is 26.0. The average Bonchev–Trinajstić information content (AvgIpc) is 3.39. The Morgan fingerprint density at radius 2 is 1.15 bits per heavy atom. The molecule has 6 saturated heterocycles. The molecule has 20 heteroatoms. The fraction of sp³-hybridized carbons (Fsp3) is 0.846. The van der Waals surface area contributed by atoms with E-state index in [9.17, 15) is 32.8 Å². The van der Waals surface area contributed by atoms with E-state index in [0.717, 1.165) is 56.9 Å².